The average molecular weight is 407 g/mol. The maximum atomic E-state index is 12.9. The van der Waals surface area contributed by atoms with Crippen LogP contribution < -0.4 is 5.73 Å². The molecule has 9 heteroatoms. The summed E-state index contributed by atoms with van der Waals surface area (Å²) in [7, 11) is 0. The van der Waals surface area contributed by atoms with Crippen LogP contribution in [0.2, 0.25) is 0 Å². The van der Waals surface area contributed by atoms with E-state index in [9.17, 15) is 18.0 Å². The number of thioether (sulfide) groups is 1. The van der Waals surface area contributed by atoms with E-state index in [1.165, 1.54) is 24.0 Å². The van der Waals surface area contributed by atoms with Gasteiger partial charge in [-0.05, 0) is 30.3 Å². The van der Waals surface area contributed by atoms with Gasteiger partial charge in [-0.1, -0.05) is 12.1 Å². The second kappa shape index (κ2) is 8.15. The SMILES string of the molecule is NC(Cc1cccc(CSc2ccnc3cc(C(F)(F)F)ccc23)n1)C(=O)O. The van der Waals surface area contributed by atoms with Gasteiger partial charge in [-0.15, -0.1) is 11.8 Å². The van der Waals surface area contributed by atoms with Crippen molar-refractivity contribution >= 4 is 28.6 Å². The van der Waals surface area contributed by atoms with Crippen molar-refractivity contribution in [3.8, 4) is 0 Å². The monoisotopic (exact) mass is 407 g/mol. The number of fused-ring (bicyclic) bond motifs is 1. The Bertz CT molecular complexity index is 1010. The lowest BCUT2D eigenvalue weighted by Gasteiger charge is -2.10. The number of alkyl halides is 3. The third kappa shape index (κ3) is 4.79. The summed E-state index contributed by atoms with van der Waals surface area (Å²) in [5.41, 5.74) is 6.36. The second-order valence-electron chi connectivity index (χ2n) is 6.10. The van der Waals surface area contributed by atoms with Gasteiger partial charge in [-0.2, -0.15) is 13.2 Å². The summed E-state index contributed by atoms with van der Waals surface area (Å²) in [5, 5.41) is 9.53. The molecule has 5 nitrogen and oxygen atoms in total. The molecule has 0 fully saturated rings. The van der Waals surface area contributed by atoms with Gasteiger partial charge in [-0.25, -0.2) is 0 Å². The Balaban J connectivity index is 1.78. The van der Waals surface area contributed by atoms with E-state index in [-0.39, 0.29) is 11.9 Å². The van der Waals surface area contributed by atoms with Gasteiger partial charge >= 0.3 is 12.1 Å². The van der Waals surface area contributed by atoms with Crippen LogP contribution in [0.5, 0.6) is 0 Å². The number of carbonyl (C=O) groups is 1. The molecule has 0 bridgehead atoms. The number of aliphatic carboxylic acids is 1. The molecule has 3 rings (SSSR count). The molecule has 1 unspecified atom stereocenters. The molecule has 0 amide bonds. The highest BCUT2D eigenvalue weighted by molar-refractivity contribution is 7.98. The van der Waals surface area contributed by atoms with Crippen LogP contribution in [0.1, 0.15) is 17.0 Å². The number of rotatable bonds is 6. The summed E-state index contributed by atoms with van der Waals surface area (Å²) in [4.78, 5) is 20.1. The number of hydrogen-bond acceptors (Lipinski definition) is 5. The molecule has 28 heavy (non-hydrogen) atoms. The number of pyridine rings is 2. The van der Waals surface area contributed by atoms with Crippen molar-refractivity contribution in [3.05, 3.63) is 65.6 Å². The summed E-state index contributed by atoms with van der Waals surface area (Å²) >= 11 is 1.42. The van der Waals surface area contributed by atoms with Crippen molar-refractivity contribution in [3.63, 3.8) is 0 Å². The molecule has 0 aliphatic heterocycles. The number of nitrogens with two attached hydrogens (primary N) is 1. The molecule has 3 N–H and O–H groups in total. The maximum absolute atomic E-state index is 12.9. The predicted octanol–water partition coefficient (Wildman–Crippen LogP) is 3.90. The van der Waals surface area contributed by atoms with Crippen molar-refractivity contribution in [2.75, 3.05) is 0 Å². The van der Waals surface area contributed by atoms with Crippen LogP contribution in [-0.2, 0) is 23.1 Å². The molecule has 0 aliphatic rings. The Hall–Kier alpha value is -2.65. The second-order valence-corrected chi connectivity index (χ2v) is 7.11. The first kappa shape index (κ1) is 20.1. The van der Waals surface area contributed by atoms with Crippen LogP contribution in [0.15, 0.2) is 53.6 Å². The predicted molar refractivity (Wildman–Crippen MR) is 99.9 cm³/mol. The van der Waals surface area contributed by atoms with Gasteiger partial charge in [0.25, 0.3) is 0 Å². The van der Waals surface area contributed by atoms with Gasteiger partial charge in [0.05, 0.1) is 16.8 Å². The Kier molecular flexibility index (Phi) is 5.85. The van der Waals surface area contributed by atoms with Crippen LogP contribution in [0.3, 0.4) is 0 Å². The molecule has 3 aromatic rings. The molecule has 0 saturated carbocycles. The van der Waals surface area contributed by atoms with Gasteiger partial charge in [0.2, 0.25) is 0 Å². The van der Waals surface area contributed by atoms with E-state index < -0.39 is 23.8 Å². The summed E-state index contributed by atoms with van der Waals surface area (Å²) in [6.07, 6.45) is -2.83. The zero-order valence-corrected chi connectivity index (χ0v) is 15.3. The maximum Gasteiger partial charge on any atom is 0.416 e. The summed E-state index contributed by atoms with van der Waals surface area (Å²) in [6.45, 7) is 0. The van der Waals surface area contributed by atoms with Gasteiger partial charge in [0.1, 0.15) is 6.04 Å². The third-order valence-corrected chi connectivity index (χ3v) is 5.12. The molecule has 146 valence electrons. The molecule has 0 saturated heterocycles. The molecule has 2 aromatic heterocycles. The third-order valence-electron chi connectivity index (χ3n) is 4.02. The zero-order chi connectivity index (χ0) is 20.3. The van der Waals surface area contributed by atoms with E-state index in [0.717, 1.165) is 22.7 Å². The molecule has 0 aliphatic carbocycles. The summed E-state index contributed by atoms with van der Waals surface area (Å²) in [5.74, 6) is -0.626. The normalized spacial score (nSPS) is 12.9. The number of halogens is 3. The van der Waals surface area contributed by atoms with Crippen molar-refractivity contribution < 1.29 is 23.1 Å². The minimum absolute atomic E-state index is 0.117. The molecule has 2 heterocycles. The quantitative estimate of drug-likeness (QED) is 0.603. The molecule has 1 aromatic carbocycles. The lowest BCUT2D eigenvalue weighted by atomic mass is 10.1. The van der Waals surface area contributed by atoms with E-state index in [1.807, 2.05) is 0 Å². The molecular formula is C19H16F3N3O2S. The minimum atomic E-state index is -4.42. The Morgan fingerprint density at radius 1 is 1.18 bits per heavy atom. The Morgan fingerprint density at radius 2 is 1.93 bits per heavy atom. The van der Waals surface area contributed by atoms with E-state index in [0.29, 0.717) is 16.8 Å². The number of aromatic nitrogens is 2. The molecule has 1 atom stereocenters. The number of carboxylic acid groups (broad SMARTS) is 1. The first-order valence-electron chi connectivity index (χ1n) is 8.26. The number of benzene rings is 1. The number of hydrogen-bond donors (Lipinski definition) is 2. The highest BCUT2D eigenvalue weighted by Crippen LogP contribution is 2.34. The van der Waals surface area contributed by atoms with Crippen molar-refractivity contribution in [2.45, 2.75) is 29.3 Å². The van der Waals surface area contributed by atoms with Gasteiger partial charge in [-0.3, -0.25) is 14.8 Å². The van der Waals surface area contributed by atoms with Gasteiger partial charge in [0.15, 0.2) is 0 Å². The molecule has 0 radical (unpaired) electrons. The van der Waals surface area contributed by atoms with Crippen molar-refractivity contribution in [1.82, 2.24) is 9.97 Å². The first-order chi connectivity index (χ1) is 13.2. The van der Waals surface area contributed by atoms with E-state index in [2.05, 4.69) is 9.97 Å². The van der Waals surface area contributed by atoms with Crippen LogP contribution >= 0.6 is 11.8 Å². The molecule has 0 spiro atoms. The Labute approximate surface area is 162 Å². The zero-order valence-electron chi connectivity index (χ0n) is 14.5. The highest BCUT2D eigenvalue weighted by Gasteiger charge is 2.30. The van der Waals surface area contributed by atoms with Crippen LogP contribution in [0.4, 0.5) is 13.2 Å². The highest BCUT2D eigenvalue weighted by atomic mass is 32.2. The van der Waals surface area contributed by atoms with Gasteiger partial charge in [0, 0.05) is 34.3 Å². The topological polar surface area (TPSA) is 89.1 Å². The van der Waals surface area contributed by atoms with Crippen molar-refractivity contribution in [1.29, 1.82) is 0 Å². The van der Waals surface area contributed by atoms with E-state index >= 15 is 0 Å². The van der Waals surface area contributed by atoms with E-state index in [4.69, 9.17) is 10.8 Å². The first-order valence-corrected chi connectivity index (χ1v) is 9.24. The van der Waals surface area contributed by atoms with Crippen LogP contribution in [-0.4, -0.2) is 27.1 Å². The Morgan fingerprint density at radius 3 is 2.64 bits per heavy atom. The van der Waals surface area contributed by atoms with Crippen LogP contribution in [0.25, 0.3) is 10.9 Å². The largest absolute Gasteiger partial charge is 0.480 e. The molecular weight excluding hydrogens is 391 g/mol. The smallest absolute Gasteiger partial charge is 0.416 e. The van der Waals surface area contributed by atoms with E-state index in [1.54, 1.807) is 24.3 Å². The average Bonchev–Trinajstić information content (AvgIpc) is 2.65. The fraction of sp³-hybridized carbons (Fsp3) is 0.211. The van der Waals surface area contributed by atoms with Crippen LogP contribution in [0, 0.1) is 0 Å². The summed E-state index contributed by atoms with van der Waals surface area (Å²) < 4.78 is 38.6. The van der Waals surface area contributed by atoms with Crippen molar-refractivity contribution in [2.24, 2.45) is 5.73 Å². The number of nitrogens with zero attached hydrogens (tertiary/aromatic N) is 2. The lowest BCUT2D eigenvalue weighted by Crippen LogP contribution is -2.32. The fourth-order valence-electron chi connectivity index (χ4n) is 2.61. The lowest BCUT2D eigenvalue weighted by molar-refractivity contribution is -0.139. The number of carboxylic acids is 1. The summed E-state index contributed by atoms with van der Waals surface area (Å²) in [6, 6.07) is 9.49. The fourth-order valence-corrected chi connectivity index (χ4v) is 3.56. The standard InChI is InChI=1S/C19H16F3N3O2S/c20-19(21,22)11-4-5-14-16(8-11)24-7-6-17(14)28-10-13-3-1-2-12(25-13)9-15(23)18(26)27/h1-8,15H,9-10,23H2,(H,26,27). The van der Waals surface area contributed by atoms with Gasteiger partial charge < -0.3 is 10.8 Å². The minimum Gasteiger partial charge on any atom is -0.480 e.